The second-order valence-electron chi connectivity index (χ2n) is 5.34. The van der Waals surface area contributed by atoms with Gasteiger partial charge in [-0.05, 0) is 46.7 Å². The molecule has 3 N–H and O–H groups in total. The van der Waals surface area contributed by atoms with Crippen molar-refractivity contribution in [1.29, 1.82) is 0 Å². The van der Waals surface area contributed by atoms with Crippen LogP contribution in [0.1, 0.15) is 22.0 Å². The summed E-state index contributed by atoms with van der Waals surface area (Å²) in [6, 6.07) is 20.0. The predicted octanol–water partition coefficient (Wildman–Crippen LogP) is 3.31. The normalized spacial score (nSPS) is 12.0. The first-order valence-corrected chi connectivity index (χ1v) is 7.33. The van der Waals surface area contributed by atoms with Gasteiger partial charge in [0, 0.05) is 5.69 Å². The van der Waals surface area contributed by atoms with Crippen molar-refractivity contribution in [2.24, 2.45) is 0 Å². The van der Waals surface area contributed by atoms with Crippen molar-refractivity contribution in [3.05, 3.63) is 77.9 Å². The Morgan fingerprint density at radius 3 is 2.43 bits per heavy atom. The van der Waals surface area contributed by atoms with Gasteiger partial charge in [-0.3, -0.25) is 0 Å². The molecule has 4 nitrogen and oxygen atoms in total. The van der Waals surface area contributed by atoms with Gasteiger partial charge in [-0.2, -0.15) is 0 Å². The standard InChI is InChI=1S/C19H17NO3/c20-17-9-7-14(8-10-17)19(22)23-12-18(21)16-6-5-13-3-1-2-4-15(13)11-16/h1-11,18,21H,12,20H2. The second kappa shape index (κ2) is 6.50. The third-order valence-corrected chi connectivity index (χ3v) is 3.68. The van der Waals surface area contributed by atoms with Crippen LogP contribution in [0.2, 0.25) is 0 Å². The maximum atomic E-state index is 11.9. The minimum Gasteiger partial charge on any atom is -0.459 e. The number of anilines is 1. The van der Waals surface area contributed by atoms with Crippen molar-refractivity contribution >= 4 is 22.4 Å². The van der Waals surface area contributed by atoms with Gasteiger partial charge in [-0.15, -0.1) is 0 Å². The van der Waals surface area contributed by atoms with Crippen LogP contribution in [0.25, 0.3) is 10.8 Å². The Kier molecular flexibility index (Phi) is 4.26. The van der Waals surface area contributed by atoms with Crippen molar-refractivity contribution in [3.8, 4) is 0 Å². The zero-order chi connectivity index (χ0) is 16.2. The fraction of sp³-hybridized carbons (Fsp3) is 0.105. The SMILES string of the molecule is Nc1ccc(C(=O)OCC(O)c2ccc3ccccc3c2)cc1. The molecule has 23 heavy (non-hydrogen) atoms. The van der Waals surface area contributed by atoms with E-state index < -0.39 is 12.1 Å². The molecule has 0 aliphatic heterocycles. The predicted molar refractivity (Wildman–Crippen MR) is 90.0 cm³/mol. The van der Waals surface area contributed by atoms with Gasteiger partial charge < -0.3 is 15.6 Å². The first-order chi connectivity index (χ1) is 11.1. The van der Waals surface area contributed by atoms with Crippen molar-refractivity contribution in [2.45, 2.75) is 6.10 Å². The topological polar surface area (TPSA) is 72.6 Å². The Hall–Kier alpha value is -2.85. The lowest BCUT2D eigenvalue weighted by Gasteiger charge is -2.12. The average Bonchev–Trinajstić information content (AvgIpc) is 2.59. The number of nitrogen functional groups attached to an aromatic ring is 1. The number of aliphatic hydroxyl groups is 1. The van der Waals surface area contributed by atoms with Crippen molar-refractivity contribution < 1.29 is 14.6 Å². The number of ether oxygens (including phenoxy) is 1. The molecule has 1 atom stereocenters. The van der Waals surface area contributed by atoms with Crippen LogP contribution < -0.4 is 5.73 Å². The summed E-state index contributed by atoms with van der Waals surface area (Å²) in [5.74, 6) is -0.482. The first-order valence-electron chi connectivity index (χ1n) is 7.33. The Morgan fingerprint density at radius 2 is 1.70 bits per heavy atom. The third kappa shape index (κ3) is 3.49. The minimum absolute atomic E-state index is 0.0957. The van der Waals surface area contributed by atoms with Crippen LogP contribution in [0.4, 0.5) is 5.69 Å². The summed E-state index contributed by atoms with van der Waals surface area (Å²) in [7, 11) is 0. The van der Waals surface area contributed by atoms with E-state index in [4.69, 9.17) is 10.5 Å². The van der Waals surface area contributed by atoms with E-state index in [2.05, 4.69) is 0 Å². The molecule has 3 aromatic carbocycles. The number of benzene rings is 3. The Balaban J connectivity index is 1.67. The number of hydrogen-bond donors (Lipinski definition) is 2. The van der Waals surface area contributed by atoms with Gasteiger partial charge in [0.2, 0.25) is 0 Å². The van der Waals surface area contributed by atoms with Gasteiger partial charge in [-0.25, -0.2) is 4.79 Å². The van der Waals surface area contributed by atoms with Gasteiger partial charge in [0.1, 0.15) is 12.7 Å². The molecule has 0 aliphatic carbocycles. The van der Waals surface area contributed by atoms with Gasteiger partial charge in [0.05, 0.1) is 5.56 Å². The lowest BCUT2D eigenvalue weighted by atomic mass is 10.0. The van der Waals surface area contributed by atoms with E-state index in [1.807, 2.05) is 42.5 Å². The highest BCUT2D eigenvalue weighted by Crippen LogP contribution is 2.21. The van der Waals surface area contributed by atoms with Crippen LogP contribution in [0.3, 0.4) is 0 Å². The molecule has 0 bridgehead atoms. The van der Waals surface area contributed by atoms with Crippen LogP contribution >= 0.6 is 0 Å². The van der Waals surface area contributed by atoms with Crippen LogP contribution in [0.15, 0.2) is 66.7 Å². The van der Waals surface area contributed by atoms with E-state index in [9.17, 15) is 9.90 Å². The molecular formula is C19H17NO3. The minimum atomic E-state index is -0.864. The third-order valence-electron chi connectivity index (χ3n) is 3.68. The van der Waals surface area contributed by atoms with Crippen molar-refractivity contribution in [1.82, 2.24) is 0 Å². The van der Waals surface area contributed by atoms with E-state index in [1.54, 1.807) is 24.3 Å². The van der Waals surface area contributed by atoms with Crippen LogP contribution in [0.5, 0.6) is 0 Å². The molecule has 0 radical (unpaired) electrons. The molecule has 0 amide bonds. The summed E-state index contributed by atoms with van der Waals surface area (Å²) in [5, 5.41) is 12.4. The zero-order valence-electron chi connectivity index (χ0n) is 12.5. The van der Waals surface area contributed by atoms with Crippen molar-refractivity contribution in [3.63, 3.8) is 0 Å². The molecule has 0 spiro atoms. The monoisotopic (exact) mass is 307 g/mol. The molecule has 0 aromatic heterocycles. The van der Waals surface area contributed by atoms with Crippen molar-refractivity contribution in [2.75, 3.05) is 12.3 Å². The van der Waals surface area contributed by atoms with Crippen LogP contribution in [0, 0.1) is 0 Å². The number of fused-ring (bicyclic) bond motifs is 1. The van der Waals surface area contributed by atoms with E-state index >= 15 is 0 Å². The summed E-state index contributed by atoms with van der Waals surface area (Å²) < 4.78 is 5.17. The molecule has 0 saturated carbocycles. The number of carbonyl (C=O) groups excluding carboxylic acids is 1. The average molecular weight is 307 g/mol. The van der Waals surface area contributed by atoms with Crippen LogP contribution in [-0.4, -0.2) is 17.7 Å². The maximum Gasteiger partial charge on any atom is 0.338 e. The Bertz CT molecular complexity index is 827. The fourth-order valence-electron chi connectivity index (χ4n) is 2.37. The maximum absolute atomic E-state index is 11.9. The Labute approximate surface area is 134 Å². The van der Waals surface area contributed by atoms with Gasteiger partial charge in [-0.1, -0.05) is 36.4 Å². The molecule has 4 heteroatoms. The molecule has 0 saturated heterocycles. The highest BCUT2D eigenvalue weighted by Gasteiger charge is 2.13. The zero-order valence-corrected chi connectivity index (χ0v) is 12.5. The lowest BCUT2D eigenvalue weighted by molar-refractivity contribution is 0.0254. The largest absolute Gasteiger partial charge is 0.459 e. The summed E-state index contributed by atoms with van der Waals surface area (Å²) in [6.07, 6.45) is -0.864. The molecule has 0 heterocycles. The van der Waals surface area contributed by atoms with Gasteiger partial charge in [0.15, 0.2) is 0 Å². The van der Waals surface area contributed by atoms with Gasteiger partial charge in [0.25, 0.3) is 0 Å². The highest BCUT2D eigenvalue weighted by molar-refractivity contribution is 5.89. The number of hydrogen-bond acceptors (Lipinski definition) is 4. The number of esters is 1. The highest BCUT2D eigenvalue weighted by atomic mass is 16.5. The first kappa shape index (κ1) is 15.1. The molecular weight excluding hydrogens is 290 g/mol. The fourth-order valence-corrected chi connectivity index (χ4v) is 2.37. The smallest absolute Gasteiger partial charge is 0.338 e. The molecule has 1 unspecified atom stereocenters. The molecule has 3 rings (SSSR count). The van der Waals surface area contributed by atoms with E-state index in [1.165, 1.54) is 0 Å². The lowest BCUT2D eigenvalue weighted by Crippen LogP contribution is -2.12. The summed E-state index contributed by atoms with van der Waals surface area (Å²) in [5.41, 5.74) is 7.28. The number of nitrogens with two attached hydrogens (primary N) is 1. The van der Waals surface area contributed by atoms with E-state index in [0.29, 0.717) is 16.8 Å². The quantitative estimate of drug-likeness (QED) is 0.573. The number of rotatable bonds is 4. The van der Waals surface area contributed by atoms with E-state index in [0.717, 1.165) is 10.8 Å². The van der Waals surface area contributed by atoms with E-state index in [-0.39, 0.29) is 6.61 Å². The van der Waals surface area contributed by atoms with Gasteiger partial charge >= 0.3 is 5.97 Å². The second-order valence-corrected chi connectivity index (χ2v) is 5.34. The molecule has 0 aliphatic rings. The molecule has 3 aromatic rings. The van der Waals surface area contributed by atoms with Crippen LogP contribution in [-0.2, 0) is 4.74 Å². The molecule has 116 valence electrons. The number of carbonyl (C=O) groups is 1. The number of aliphatic hydroxyl groups excluding tert-OH is 1. The Morgan fingerprint density at radius 1 is 1.00 bits per heavy atom. The summed E-state index contributed by atoms with van der Waals surface area (Å²) >= 11 is 0. The molecule has 0 fully saturated rings. The summed E-state index contributed by atoms with van der Waals surface area (Å²) in [4.78, 5) is 11.9. The summed E-state index contributed by atoms with van der Waals surface area (Å²) in [6.45, 7) is -0.0957.